The number of benzene rings is 1. The van der Waals surface area contributed by atoms with Gasteiger partial charge in [0.1, 0.15) is 0 Å². The monoisotopic (exact) mass is 347 g/mol. The minimum absolute atomic E-state index is 0.0553. The van der Waals surface area contributed by atoms with Crippen LogP contribution in [0.15, 0.2) is 60.9 Å². The molecule has 2 nitrogen and oxygen atoms in total. The summed E-state index contributed by atoms with van der Waals surface area (Å²) in [6, 6.07) is 12.1. The lowest BCUT2D eigenvalue weighted by atomic mass is 10.0. The summed E-state index contributed by atoms with van der Waals surface area (Å²) in [5.41, 5.74) is 0.568. The smallest absolute Gasteiger partial charge is 0.293 e. The molecular formula is C18H12F3NOS. The van der Waals surface area contributed by atoms with Crippen molar-refractivity contribution in [2.75, 3.05) is 0 Å². The van der Waals surface area contributed by atoms with Gasteiger partial charge < -0.3 is 0 Å². The summed E-state index contributed by atoms with van der Waals surface area (Å²) in [4.78, 5) is 17.7. The predicted octanol–water partition coefficient (Wildman–Crippen LogP) is 5.25. The maximum atomic E-state index is 12.7. The van der Waals surface area contributed by atoms with Gasteiger partial charge in [0.2, 0.25) is 0 Å². The number of carbonyl (C=O) groups is 1. The van der Waals surface area contributed by atoms with E-state index < -0.39 is 11.7 Å². The van der Waals surface area contributed by atoms with Gasteiger partial charge in [0.05, 0.1) is 10.4 Å². The van der Waals surface area contributed by atoms with Crippen LogP contribution in [0.25, 0.3) is 10.4 Å². The highest BCUT2D eigenvalue weighted by molar-refractivity contribution is 7.17. The molecule has 0 fully saturated rings. The van der Waals surface area contributed by atoms with Crippen molar-refractivity contribution in [1.29, 1.82) is 0 Å². The maximum Gasteiger partial charge on any atom is 0.416 e. The molecule has 122 valence electrons. The van der Waals surface area contributed by atoms with Crippen molar-refractivity contribution < 1.29 is 18.0 Å². The summed E-state index contributed by atoms with van der Waals surface area (Å²) < 4.78 is 38.2. The quantitative estimate of drug-likeness (QED) is 0.603. The van der Waals surface area contributed by atoms with E-state index >= 15 is 0 Å². The number of halogens is 3. The van der Waals surface area contributed by atoms with E-state index in [1.54, 1.807) is 18.5 Å². The van der Waals surface area contributed by atoms with Crippen molar-refractivity contribution in [1.82, 2.24) is 4.98 Å². The lowest BCUT2D eigenvalue weighted by Gasteiger charge is -2.08. The Morgan fingerprint density at radius 1 is 1.04 bits per heavy atom. The largest absolute Gasteiger partial charge is 0.416 e. The SMILES string of the molecule is O=C(Cc1cccc(C(F)(F)F)c1)c1ccc(-c2ccncc2)s1. The fraction of sp³-hybridized carbons (Fsp3) is 0.111. The van der Waals surface area contributed by atoms with Gasteiger partial charge in [-0.3, -0.25) is 9.78 Å². The van der Waals surface area contributed by atoms with Gasteiger partial charge in [0, 0.05) is 23.7 Å². The van der Waals surface area contributed by atoms with Crippen molar-refractivity contribution in [3.05, 3.63) is 76.9 Å². The molecule has 2 aromatic heterocycles. The highest BCUT2D eigenvalue weighted by Crippen LogP contribution is 2.31. The Labute approximate surface area is 140 Å². The van der Waals surface area contributed by atoms with Crippen LogP contribution in [0.1, 0.15) is 20.8 Å². The van der Waals surface area contributed by atoms with E-state index in [-0.39, 0.29) is 12.2 Å². The lowest BCUT2D eigenvalue weighted by Crippen LogP contribution is -2.07. The first-order chi connectivity index (χ1) is 11.4. The van der Waals surface area contributed by atoms with E-state index in [0.717, 1.165) is 22.6 Å². The summed E-state index contributed by atoms with van der Waals surface area (Å²) in [5.74, 6) is -0.195. The number of carbonyl (C=O) groups excluding carboxylic acids is 1. The van der Waals surface area contributed by atoms with Crippen LogP contribution in [-0.4, -0.2) is 10.8 Å². The molecule has 3 rings (SSSR count). The minimum atomic E-state index is -4.41. The van der Waals surface area contributed by atoms with Gasteiger partial charge in [-0.15, -0.1) is 11.3 Å². The zero-order chi connectivity index (χ0) is 17.2. The van der Waals surface area contributed by atoms with E-state index in [1.165, 1.54) is 23.5 Å². The number of Topliss-reactive ketones (excluding diaryl/α,β-unsaturated/α-hetero) is 1. The summed E-state index contributed by atoms with van der Waals surface area (Å²) in [6.07, 6.45) is -1.13. The van der Waals surface area contributed by atoms with Crippen molar-refractivity contribution in [2.45, 2.75) is 12.6 Å². The Morgan fingerprint density at radius 3 is 2.50 bits per heavy atom. The molecule has 0 aliphatic carbocycles. The molecule has 0 N–H and O–H groups in total. The Kier molecular flexibility index (Phi) is 4.49. The first kappa shape index (κ1) is 16.4. The number of hydrogen-bond acceptors (Lipinski definition) is 3. The molecule has 0 bridgehead atoms. The number of ketones is 1. The second-order valence-electron chi connectivity index (χ2n) is 5.20. The van der Waals surface area contributed by atoms with Crippen LogP contribution in [0.3, 0.4) is 0 Å². The van der Waals surface area contributed by atoms with Crippen LogP contribution in [0.2, 0.25) is 0 Å². The third-order valence-electron chi connectivity index (χ3n) is 3.46. The predicted molar refractivity (Wildman–Crippen MR) is 87.0 cm³/mol. The molecule has 0 radical (unpaired) electrons. The van der Waals surface area contributed by atoms with Crippen molar-refractivity contribution in [2.24, 2.45) is 0 Å². The molecule has 0 saturated heterocycles. The number of thiophene rings is 1. The topological polar surface area (TPSA) is 30.0 Å². The van der Waals surface area contributed by atoms with Gasteiger partial charge in [-0.25, -0.2) is 0 Å². The molecule has 0 aliphatic rings. The highest BCUT2D eigenvalue weighted by atomic mass is 32.1. The molecule has 24 heavy (non-hydrogen) atoms. The molecule has 0 atom stereocenters. The summed E-state index contributed by atoms with van der Waals surface area (Å²) in [7, 11) is 0. The third kappa shape index (κ3) is 3.71. The highest BCUT2D eigenvalue weighted by Gasteiger charge is 2.30. The second-order valence-corrected chi connectivity index (χ2v) is 6.28. The summed E-state index contributed by atoms with van der Waals surface area (Å²) >= 11 is 1.32. The van der Waals surface area contributed by atoms with Crippen LogP contribution in [0, 0.1) is 0 Å². The van der Waals surface area contributed by atoms with Gasteiger partial charge in [-0.2, -0.15) is 13.2 Å². The van der Waals surface area contributed by atoms with E-state index in [4.69, 9.17) is 0 Å². The van der Waals surface area contributed by atoms with Crippen LogP contribution >= 0.6 is 11.3 Å². The molecule has 1 aromatic carbocycles. The zero-order valence-corrected chi connectivity index (χ0v) is 13.2. The second kappa shape index (κ2) is 6.57. The van der Waals surface area contributed by atoms with Crippen LogP contribution < -0.4 is 0 Å². The fourth-order valence-electron chi connectivity index (χ4n) is 2.29. The molecule has 0 unspecified atom stereocenters. The van der Waals surface area contributed by atoms with Crippen molar-refractivity contribution in [3.63, 3.8) is 0 Å². The lowest BCUT2D eigenvalue weighted by molar-refractivity contribution is -0.137. The third-order valence-corrected chi connectivity index (χ3v) is 4.64. The normalized spacial score (nSPS) is 11.5. The van der Waals surface area contributed by atoms with E-state index in [2.05, 4.69) is 4.98 Å². The fourth-order valence-corrected chi connectivity index (χ4v) is 3.24. The first-order valence-corrected chi connectivity index (χ1v) is 7.95. The number of pyridine rings is 1. The molecule has 0 spiro atoms. The van der Waals surface area contributed by atoms with Gasteiger partial charge in [0.25, 0.3) is 0 Å². The molecule has 3 aromatic rings. The van der Waals surface area contributed by atoms with Crippen LogP contribution in [0.5, 0.6) is 0 Å². The van der Waals surface area contributed by atoms with Crippen molar-refractivity contribution in [3.8, 4) is 10.4 Å². The molecule has 0 saturated carbocycles. The Hall–Kier alpha value is -2.47. The maximum absolute atomic E-state index is 12.7. The Balaban J connectivity index is 1.78. The Morgan fingerprint density at radius 2 is 1.79 bits per heavy atom. The molecule has 0 amide bonds. The van der Waals surface area contributed by atoms with Crippen LogP contribution in [-0.2, 0) is 12.6 Å². The molecule has 6 heteroatoms. The molecule has 0 aliphatic heterocycles. The van der Waals surface area contributed by atoms with Gasteiger partial charge in [-0.05, 0) is 41.5 Å². The van der Waals surface area contributed by atoms with E-state index in [1.807, 2.05) is 18.2 Å². The number of nitrogens with zero attached hydrogens (tertiary/aromatic N) is 1. The minimum Gasteiger partial charge on any atom is -0.293 e. The number of aromatic nitrogens is 1. The van der Waals surface area contributed by atoms with Gasteiger partial charge in [0.15, 0.2) is 5.78 Å². The number of rotatable bonds is 4. The van der Waals surface area contributed by atoms with Crippen molar-refractivity contribution >= 4 is 17.1 Å². The summed E-state index contributed by atoms with van der Waals surface area (Å²) in [5, 5.41) is 0. The Bertz CT molecular complexity index is 856. The van der Waals surface area contributed by atoms with E-state index in [9.17, 15) is 18.0 Å². The zero-order valence-electron chi connectivity index (χ0n) is 12.4. The standard InChI is InChI=1S/C18H12F3NOS/c19-18(20,21)14-3-1-2-12(10-14)11-15(23)17-5-4-16(24-17)13-6-8-22-9-7-13/h1-10H,11H2. The van der Waals surface area contributed by atoms with Gasteiger partial charge >= 0.3 is 6.18 Å². The average Bonchev–Trinajstić information content (AvgIpc) is 3.05. The first-order valence-electron chi connectivity index (χ1n) is 7.13. The molecular weight excluding hydrogens is 335 g/mol. The molecule has 2 heterocycles. The number of alkyl halides is 3. The van der Waals surface area contributed by atoms with Gasteiger partial charge in [-0.1, -0.05) is 18.2 Å². The summed E-state index contributed by atoms with van der Waals surface area (Å²) in [6.45, 7) is 0. The average molecular weight is 347 g/mol. The van der Waals surface area contributed by atoms with E-state index in [0.29, 0.717) is 10.4 Å². The van der Waals surface area contributed by atoms with Crippen LogP contribution in [0.4, 0.5) is 13.2 Å². The number of hydrogen-bond donors (Lipinski definition) is 0.